The molecule has 0 heterocycles. The number of hydrogen-bond acceptors (Lipinski definition) is 3. The first-order chi connectivity index (χ1) is 7.06. The van der Waals surface area contributed by atoms with Gasteiger partial charge in [-0.2, -0.15) is 0 Å². The van der Waals surface area contributed by atoms with Gasteiger partial charge in [-0.25, -0.2) is 0 Å². The van der Waals surface area contributed by atoms with Gasteiger partial charge in [0.25, 0.3) is 0 Å². The van der Waals surface area contributed by atoms with Gasteiger partial charge in [0.15, 0.2) is 0 Å². The van der Waals surface area contributed by atoms with E-state index >= 15 is 0 Å². The zero-order valence-electron chi connectivity index (χ0n) is 9.70. The van der Waals surface area contributed by atoms with Crippen LogP contribution in [0.25, 0.3) is 0 Å². The number of nitrogens with one attached hydrogen (secondary N) is 1. The summed E-state index contributed by atoms with van der Waals surface area (Å²) >= 11 is 0. The average Bonchev–Trinajstić information content (AvgIpc) is 2.15. The zero-order valence-corrected chi connectivity index (χ0v) is 9.70. The second-order valence-electron chi connectivity index (χ2n) is 4.28. The molecule has 0 radical (unpaired) electrons. The summed E-state index contributed by atoms with van der Waals surface area (Å²) in [4.78, 5) is 11.2. The lowest BCUT2D eigenvalue weighted by molar-refractivity contribution is -0.121. The molecule has 90 valence electrons. The maximum absolute atomic E-state index is 11.2. The second-order valence-corrected chi connectivity index (χ2v) is 4.28. The Labute approximate surface area is 91.7 Å². The van der Waals surface area contributed by atoms with E-state index in [0.717, 1.165) is 12.8 Å². The smallest absolute Gasteiger partial charge is 0.220 e. The van der Waals surface area contributed by atoms with E-state index in [0.29, 0.717) is 25.3 Å². The van der Waals surface area contributed by atoms with Crippen molar-refractivity contribution in [3.8, 4) is 0 Å². The summed E-state index contributed by atoms with van der Waals surface area (Å²) in [6.07, 6.45) is 2.22. The number of hydrogen-bond donors (Lipinski definition) is 3. The van der Waals surface area contributed by atoms with Gasteiger partial charge in [-0.05, 0) is 25.2 Å². The minimum Gasteiger partial charge on any atom is -0.394 e. The van der Waals surface area contributed by atoms with Crippen LogP contribution in [0.15, 0.2) is 0 Å². The standard InChI is InChI=1S/C11H23NO3/c1-9(2)7-11(15)12-6-4-3-5-10(14)8-13/h9-10,13-14H,3-8H2,1-2H3,(H,12,15). The van der Waals surface area contributed by atoms with Crippen molar-refractivity contribution in [1.82, 2.24) is 5.32 Å². The zero-order chi connectivity index (χ0) is 11.7. The summed E-state index contributed by atoms with van der Waals surface area (Å²) in [5, 5.41) is 20.4. The van der Waals surface area contributed by atoms with Crippen LogP contribution in [-0.2, 0) is 4.79 Å². The summed E-state index contributed by atoms with van der Waals surface area (Å²) in [5.41, 5.74) is 0. The number of unbranched alkanes of at least 4 members (excludes halogenated alkanes) is 1. The van der Waals surface area contributed by atoms with Gasteiger partial charge in [0.1, 0.15) is 0 Å². The van der Waals surface area contributed by atoms with E-state index in [1.165, 1.54) is 0 Å². The Morgan fingerprint density at radius 1 is 1.33 bits per heavy atom. The van der Waals surface area contributed by atoms with Gasteiger partial charge in [-0.15, -0.1) is 0 Å². The first-order valence-corrected chi connectivity index (χ1v) is 5.62. The third kappa shape index (κ3) is 9.69. The Morgan fingerprint density at radius 2 is 2.00 bits per heavy atom. The quantitative estimate of drug-likeness (QED) is 0.523. The summed E-state index contributed by atoms with van der Waals surface area (Å²) < 4.78 is 0. The number of carbonyl (C=O) groups excluding carboxylic acids is 1. The number of carbonyl (C=O) groups is 1. The molecule has 0 rings (SSSR count). The largest absolute Gasteiger partial charge is 0.394 e. The second kappa shape index (κ2) is 8.68. The van der Waals surface area contributed by atoms with Crippen molar-refractivity contribution in [1.29, 1.82) is 0 Å². The normalized spacial score (nSPS) is 12.9. The lowest BCUT2D eigenvalue weighted by atomic mass is 10.1. The van der Waals surface area contributed by atoms with Gasteiger partial charge < -0.3 is 15.5 Å². The Kier molecular flexibility index (Phi) is 8.33. The third-order valence-electron chi connectivity index (χ3n) is 2.09. The number of aliphatic hydroxyl groups excluding tert-OH is 2. The summed E-state index contributed by atoms with van der Waals surface area (Å²) in [5.74, 6) is 0.480. The molecule has 0 aromatic heterocycles. The minimum atomic E-state index is -0.614. The van der Waals surface area contributed by atoms with Crippen molar-refractivity contribution in [3.05, 3.63) is 0 Å². The molecule has 0 aliphatic heterocycles. The third-order valence-corrected chi connectivity index (χ3v) is 2.09. The minimum absolute atomic E-state index is 0.0905. The maximum atomic E-state index is 11.2. The first kappa shape index (κ1) is 14.4. The van der Waals surface area contributed by atoms with Gasteiger partial charge in [0.2, 0.25) is 5.91 Å². The van der Waals surface area contributed by atoms with E-state index in [-0.39, 0.29) is 12.5 Å². The van der Waals surface area contributed by atoms with Crippen LogP contribution < -0.4 is 5.32 Å². The fourth-order valence-corrected chi connectivity index (χ4v) is 1.27. The summed E-state index contributed by atoms with van der Waals surface area (Å²) in [7, 11) is 0. The molecule has 15 heavy (non-hydrogen) atoms. The van der Waals surface area contributed by atoms with Crippen molar-refractivity contribution >= 4 is 5.91 Å². The van der Waals surface area contributed by atoms with Crippen LogP contribution in [-0.4, -0.2) is 35.4 Å². The van der Waals surface area contributed by atoms with Gasteiger partial charge in [-0.1, -0.05) is 13.8 Å². The van der Waals surface area contributed by atoms with Gasteiger partial charge in [0.05, 0.1) is 12.7 Å². The molecule has 0 fully saturated rings. The molecule has 1 atom stereocenters. The van der Waals surface area contributed by atoms with Gasteiger partial charge in [0, 0.05) is 13.0 Å². The number of aliphatic hydroxyl groups is 2. The van der Waals surface area contributed by atoms with E-state index in [1.807, 2.05) is 13.8 Å². The number of amides is 1. The SMILES string of the molecule is CC(C)CC(=O)NCCCCC(O)CO. The predicted octanol–water partition coefficient (Wildman–Crippen LogP) is 0.672. The molecule has 0 spiro atoms. The molecule has 0 saturated heterocycles. The summed E-state index contributed by atoms with van der Waals surface area (Å²) in [6.45, 7) is 4.50. The Hall–Kier alpha value is -0.610. The first-order valence-electron chi connectivity index (χ1n) is 5.62. The highest BCUT2D eigenvalue weighted by Gasteiger charge is 2.04. The lowest BCUT2D eigenvalue weighted by Gasteiger charge is -2.08. The molecular formula is C11H23NO3. The molecule has 0 aromatic carbocycles. The highest BCUT2D eigenvalue weighted by Crippen LogP contribution is 2.00. The van der Waals surface area contributed by atoms with Crippen molar-refractivity contribution in [3.63, 3.8) is 0 Å². The van der Waals surface area contributed by atoms with Crippen LogP contribution in [0.1, 0.15) is 39.5 Å². The molecule has 0 aromatic rings. The van der Waals surface area contributed by atoms with E-state index in [4.69, 9.17) is 10.2 Å². The topological polar surface area (TPSA) is 69.6 Å². The molecule has 0 bridgehead atoms. The highest BCUT2D eigenvalue weighted by molar-refractivity contribution is 5.75. The molecule has 1 amide bonds. The maximum Gasteiger partial charge on any atom is 0.220 e. The highest BCUT2D eigenvalue weighted by atomic mass is 16.3. The molecule has 0 aliphatic carbocycles. The Bertz CT molecular complexity index is 171. The molecule has 0 aliphatic rings. The molecule has 0 saturated carbocycles. The number of rotatable bonds is 8. The van der Waals surface area contributed by atoms with Gasteiger partial charge >= 0.3 is 0 Å². The van der Waals surface area contributed by atoms with E-state index in [9.17, 15) is 4.79 Å². The van der Waals surface area contributed by atoms with Crippen LogP contribution in [0.5, 0.6) is 0 Å². The van der Waals surface area contributed by atoms with Crippen LogP contribution in [0, 0.1) is 5.92 Å². The van der Waals surface area contributed by atoms with Crippen LogP contribution in [0.3, 0.4) is 0 Å². The van der Waals surface area contributed by atoms with Crippen molar-refractivity contribution < 1.29 is 15.0 Å². The van der Waals surface area contributed by atoms with Crippen LogP contribution in [0.2, 0.25) is 0 Å². The van der Waals surface area contributed by atoms with Crippen molar-refractivity contribution in [2.24, 2.45) is 5.92 Å². The Balaban J connectivity index is 3.27. The van der Waals surface area contributed by atoms with Crippen molar-refractivity contribution in [2.75, 3.05) is 13.2 Å². The monoisotopic (exact) mass is 217 g/mol. The van der Waals surface area contributed by atoms with E-state index in [2.05, 4.69) is 5.32 Å². The van der Waals surface area contributed by atoms with Gasteiger partial charge in [-0.3, -0.25) is 4.79 Å². The molecule has 1 unspecified atom stereocenters. The fraction of sp³-hybridized carbons (Fsp3) is 0.909. The summed E-state index contributed by atoms with van der Waals surface area (Å²) in [6, 6.07) is 0. The lowest BCUT2D eigenvalue weighted by Crippen LogP contribution is -2.25. The molecule has 4 nitrogen and oxygen atoms in total. The molecular weight excluding hydrogens is 194 g/mol. The van der Waals surface area contributed by atoms with Crippen molar-refractivity contribution in [2.45, 2.75) is 45.6 Å². The fourth-order valence-electron chi connectivity index (χ4n) is 1.27. The predicted molar refractivity (Wildman–Crippen MR) is 59.4 cm³/mol. The molecule has 3 N–H and O–H groups in total. The molecule has 4 heteroatoms. The van der Waals surface area contributed by atoms with Crippen LogP contribution in [0.4, 0.5) is 0 Å². The average molecular weight is 217 g/mol. The van der Waals surface area contributed by atoms with E-state index in [1.54, 1.807) is 0 Å². The van der Waals surface area contributed by atoms with E-state index < -0.39 is 6.10 Å². The Morgan fingerprint density at radius 3 is 2.53 bits per heavy atom. The van der Waals surface area contributed by atoms with Crippen LogP contribution >= 0.6 is 0 Å².